The summed E-state index contributed by atoms with van der Waals surface area (Å²) in [5.74, 6) is -0.386. The summed E-state index contributed by atoms with van der Waals surface area (Å²) < 4.78 is 5.46. The van der Waals surface area contributed by atoms with Crippen LogP contribution in [0.4, 0.5) is 11.4 Å². The zero-order valence-corrected chi connectivity index (χ0v) is 15.3. The van der Waals surface area contributed by atoms with Crippen molar-refractivity contribution in [2.24, 2.45) is 0 Å². The lowest BCUT2D eigenvalue weighted by atomic mass is 10.1. The topological polar surface area (TPSA) is 79.5 Å². The highest BCUT2D eigenvalue weighted by molar-refractivity contribution is 6.04. The Labute approximate surface area is 158 Å². The molecule has 1 atom stereocenters. The van der Waals surface area contributed by atoms with Gasteiger partial charge in [-0.2, -0.15) is 0 Å². The quantitative estimate of drug-likeness (QED) is 0.767. The summed E-state index contributed by atoms with van der Waals surface area (Å²) in [6.07, 6.45) is -0.504. The summed E-state index contributed by atoms with van der Waals surface area (Å²) in [6.45, 7) is 3.67. The lowest BCUT2D eigenvalue weighted by Crippen LogP contribution is -2.45. The number of hydrogen-bond donors (Lipinski definition) is 3. The predicted molar refractivity (Wildman–Crippen MR) is 104 cm³/mol. The average molecular weight is 376 g/mol. The van der Waals surface area contributed by atoms with Crippen LogP contribution in [0.25, 0.3) is 0 Å². The molecule has 2 aromatic rings. The van der Waals surface area contributed by atoms with Crippen LogP contribution in [-0.2, 0) is 9.53 Å². The van der Waals surface area contributed by atoms with E-state index in [1.807, 2.05) is 37.3 Å². The Balaban J connectivity index is 0.00000243. The monoisotopic (exact) mass is 375 g/mol. The summed E-state index contributed by atoms with van der Waals surface area (Å²) in [5, 5.41) is 8.85. The standard InChI is InChI=1S/C19H21N3O3.ClH/c1-13-7-8-15(21-18(23)14-5-3-2-4-6-14)11-16(13)22-19(24)17-12-20-9-10-25-17;/h2-8,11,17,20H,9-10,12H2,1H3,(H,21,23)(H,22,24);1H. The molecule has 2 amide bonds. The molecule has 0 bridgehead atoms. The van der Waals surface area contributed by atoms with Gasteiger partial charge in [-0.05, 0) is 36.8 Å². The van der Waals surface area contributed by atoms with Crippen LogP contribution in [0, 0.1) is 6.92 Å². The minimum Gasteiger partial charge on any atom is -0.366 e. The summed E-state index contributed by atoms with van der Waals surface area (Å²) in [5.41, 5.74) is 2.77. The molecule has 138 valence electrons. The number of carbonyl (C=O) groups excluding carboxylic acids is 2. The third-order valence-corrected chi connectivity index (χ3v) is 4.01. The third kappa shape index (κ3) is 5.05. The maximum absolute atomic E-state index is 12.3. The number of nitrogens with one attached hydrogen (secondary N) is 3. The second-order valence-corrected chi connectivity index (χ2v) is 5.90. The van der Waals surface area contributed by atoms with E-state index in [2.05, 4.69) is 16.0 Å². The molecule has 7 heteroatoms. The minimum absolute atomic E-state index is 0. The van der Waals surface area contributed by atoms with Crippen LogP contribution in [0.2, 0.25) is 0 Å². The van der Waals surface area contributed by atoms with E-state index in [4.69, 9.17) is 4.74 Å². The summed E-state index contributed by atoms with van der Waals surface area (Å²) in [6, 6.07) is 14.4. The molecule has 1 heterocycles. The van der Waals surface area contributed by atoms with E-state index in [0.717, 1.165) is 12.1 Å². The van der Waals surface area contributed by atoms with Crippen molar-refractivity contribution in [3.05, 3.63) is 59.7 Å². The molecule has 0 radical (unpaired) electrons. The molecule has 1 unspecified atom stereocenters. The number of ether oxygens (including phenoxy) is 1. The maximum atomic E-state index is 12.3. The molecule has 1 aliphatic heterocycles. The maximum Gasteiger partial charge on any atom is 0.255 e. The molecule has 3 N–H and O–H groups in total. The van der Waals surface area contributed by atoms with Crippen LogP contribution in [0.15, 0.2) is 48.5 Å². The van der Waals surface area contributed by atoms with Gasteiger partial charge in [0.25, 0.3) is 11.8 Å². The number of aryl methyl sites for hydroxylation is 1. The van der Waals surface area contributed by atoms with Crippen molar-refractivity contribution in [1.82, 2.24) is 5.32 Å². The Morgan fingerprint density at radius 1 is 1.12 bits per heavy atom. The van der Waals surface area contributed by atoms with E-state index >= 15 is 0 Å². The van der Waals surface area contributed by atoms with Crippen LogP contribution in [0.3, 0.4) is 0 Å². The van der Waals surface area contributed by atoms with E-state index in [1.54, 1.807) is 18.2 Å². The first-order chi connectivity index (χ1) is 12.1. The van der Waals surface area contributed by atoms with E-state index < -0.39 is 6.10 Å². The Morgan fingerprint density at radius 2 is 1.88 bits per heavy atom. The first kappa shape index (κ1) is 19.9. The second-order valence-electron chi connectivity index (χ2n) is 5.90. The molecule has 6 nitrogen and oxygen atoms in total. The van der Waals surface area contributed by atoms with Gasteiger partial charge in [-0.15, -0.1) is 12.4 Å². The van der Waals surface area contributed by atoms with Gasteiger partial charge in [-0.25, -0.2) is 0 Å². The molecule has 1 saturated heterocycles. The lowest BCUT2D eigenvalue weighted by molar-refractivity contribution is -0.128. The Morgan fingerprint density at radius 3 is 2.58 bits per heavy atom. The van der Waals surface area contributed by atoms with Gasteiger partial charge in [0.05, 0.1) is 6.61 Å². The van der Waals surface area contributed by atoms with Gasteiger partial charge in [0.1, 0.15) is 6.10 Å². The number of benzene rings is 2. The summed E-state index contributed by atoms with van der Waals surface area (Å²) in [7, 11) is 0. The van der Waals surface area contributed by atoms with E-state index in [0.29, 0.717) is 30.1 Å². The van der Waals surface area contributed by atoms with Gasteiger partial charge in [-0.3, -0.25) is 9.59 Å². The van der Waals surface area contributed by atoms with Gasteiger partial charge in [0.2, 0.25) is 0 Å². The molecule has 0 saturated carbocycles. The Hall–Kier alpha value is -2.41. The van der Waals surface area contributed by atoms with Gasteiger partial charge < -0.3 is 20.7 Å². The number of halogens is 1. The molecular formula is C19H22ClN3O3. The molecular weight excluding hydrogens is 354 g/mol. The zero-order chi connectivity index (χ0) is 17.6. The Bertz CT molecular complexity index is 762. The summed E-state index contributed by atoms with van der Waals surface area (Å²) >= 11 is 0. The number of rotatable bonds is 4. The van der Waals surface area contributed by atoms with Crippen LogP contribution in [-0.4, -0.2) is 37.6 Å². The number of morpholine rings is 1. The second kappa shape index (κ2) is 9.33. The van der Waals surface area contributed by atoms with Gasteiger partial charge in [-0.1, -0.05) is 24.3 Å². The van der Waals surface area contributed by atoms with Crippen molar-refractivity contribution in [2.75, 3.05) is 30.3 Å². The predicted octanol–water partition coefficient (Wildman–Crippen LogP) is 2.60. The number of hydrogen-bond acceptors (Lipinski definition) is 4. The van der Waals surface area contributed by atoms with Crippen molar-refractivity contribution in [1.29, 1.82) is 0 Å². The lowest BCUT2D eigenvalue weighted by Gasteiger charge is -2.23. The first-order valence-corrected chi connectivity index (χ1v) is 8.24. The SMILES string of the molecule is Cc1ccc(NC(=O)c2ccccc2)cc1NC(=O)C1CNCCO1.Cl. The minimum atomic E-state index is -0.504. The van der Waals surface area contributed by atoms with Crippen LogP contribution < -0.4 is 16.0 Å². The van der Waals surface area contributed by atoms with E-state index in [-0.39, 0.29) is 24.2 Å². The fourth-order valence-corrected chi connectivity index (χ4v) is 2.57. The molecule has 1 aliphatic rings. The fourth-order valence-electron chi connectivity index (χ4n) is 2.57. The van der Waals surface area contributed by atoms with Crippen molar-refractivity contribution in [3.8, 4) is 0 Å². The molecule has 2 aromatic carbocycles. The molecule has 3 rings (SSSR count). The van der Waals surface area contributed by atoms with Crippen LogP contribution >= 0.6 is 12.4 Å². The van der Waals surface area contributed by atoms with Crippen molar-refractivity contribution in [2.45, 2.75) is 13.0 Å². The molecule has 0 aliphatic carbocycles. The number of amides is 2. The third-order valence-electron chi connectivity index (χ3n) is 4.01. The van der Waals surface area contributed by atoms with E-state index in [1.165, 1.54) is 0 Å². The molecule has 26 heavy (non-hydrogen) atoms. The molecule has 0 aromatic heterocycles. The largest absolute Gasteiger partial charge is 0.366 e. The average Bonchev–Trinajstić information content (AvgIpc) is 2.66. The number of anilines is 2. The van der Waals surface area contributed by atoms with Crippen molar-refractivity contribution >= 4 is 35.6 Å². The van der Waals surface area contributed by atoms with E-state index in [9.17, 15) is 9.59 Å². The van der Waals surface area contributed by atoms with Crippen LogP contribution in [0.1, 0.15) is 15.9 Å². The van der Waals surface area contributed by atoms with Crippen molar-refractivity contribution in [3.63, 3.8) is 0 Å². The highest BCUT2D eigenvalue weighted by Crippen LogP contribution is 2.21. The highest BCUT2D eigenvalue weighted by Gasteiger charge is 2.22. The zero-order valence-electron chi connectivity index (χ0n) is 14.5. The molecule has 0 spiro atoms. The number of carbonyl (C=O) groups is 2. The van der Waals surface area contributed by atoms with Gasteiger partial charge in [0.15, 0.2) is 0 Å². The molecule has 1 fully saturated rings. The normalized spacial score (nSPS) is 16.3. The van der Waals surface area contributed by atoms with Crippen molar-refractivity contribution < 1.29 is 14.3 Å². The summed E-state index contributed by atoms with van der Waals surface area (Å²) in [4.78, 5) is 24.6. The highest BCUT2D eigenvalue weighted by atomic mass is 35.5. The van der Waals surface area contributed by atoms with Gasteiger partial charge >= 0.3 is 0 Å². The Kier molecular flexibility index (Phi) is 7.15. The first-order valence-electron chi connectivity index (χ1n) is 8.24. The van der Waals surface area contributed by atoms with Crippen LogP contribution in [0.5, 0.6) is 0 Å². The van der Waals surface area contributed by atoms with Gasteiger partial charge in [0, 0.05) is 30.0 Å². The fraction of sp³-hybridized carbons (Fsp3) is 0.263. The smallest absolute Gasteiger partial charge is 0.255 e.